The van der Waals surface area contributed by atoms with Crippen LogP contribution in [0.2, 0.25) is 0 Å². The van der Waals surface area contributed by atoms with Crippen molar-refractivity contribution in [3.8, 4) is 11.5 Å². The zero-order chi connectivity index (χ0) is 20.4. The average Bonchev–Trinajstić information content (AvgIpc) is 3.06. The molecular formula is C21H27N3O4. The van der Waals surface area contributed by atoms with Gasteiger partial charge in [-0.2, -0.15) is 0 Å². The molecule has 1 aromatic rings. The molecule has 3 amide bonds. The molecule has 0 saturated heterocycles. The monoisotopic (exact) mass is 385 g/mol. The number of benzene rings is 1. The number of amides is 3. The van der Waals surface area contributed by atoms with Crippen LogP contribution in [0.5, 0.6) is 11.5 Å². The number of hydrogen-bond acceptors (Lipinski definition) is 4. The number of rotatable bonds is 7. The molecule has 0 spiro atoms. The molecule has 150 valence electrons. The van der Waals surface area contributed by atoms with E-state index in [9.17, 15) is 9.59 Å². The minimum atomic E-state index is -0.602. The van der Waals surface area contributed by atoms with Crippen LogP contribution in [-0.4, -0.2) is 55.1 Å². The summed E-state index contributed by atoms with van der Waals surface area (Å²) in [7, 11) is 3.14. The van der Waals surface area contributed by atoms with Crippen LogP contribution in [0.4, 0.5) is 4.79 Å². The van der Waals surface area contributed by atoms with Gasteiger partial charge in [0.2, 0.25) is 0 Å². The second-order valence-electron chi connectivity index (χ2n) is 6.94. The van der Waals surface area contributed by atoms with Crippen molar-refractivity contribution in [3.63, 3.8) is 0 Å². The number of carbonyl (C=O) groups is 2. The van der Waals surface area contributed by atoms with Crippen molar-refractivity contribution in [2.75, 3.05) is 27.3 Å². The maximum atomic E-state index is 13.3. The van der Waals surface area contributed by atoms with Gasteiger partial charge in [0.1, 0.15) is 11.5 Å². The molecule has 0 radical (unpaired) electrons. The zero-order valence-corrected chi connectivity index (χ0v) is 16.8. The highest BCUT2D eigenvalue weighted by atomic mass is 16.5. The van der Waals surface area contributed by atoms with Crippen molar-refractivity contribution in [1.29, 1.82) is 0 Å². The van der Waals surface area contributed by atoms with Crippen LogP contribution in [0.3, 0.4) is 0 Å². The largest absolute Gasteiger partial charge is 0.497 e. The van der Waals surface area contributed by atoms with Gasteiger partial charge in [0.15, 0.2) is 0 Å². The highest BCUT2D eigenvalue weighted by Gasteiger charge is 2.45. The lowest BCUT2D eigenvalue weighted by Crippen LogP contribution is -2.47. The summed E-state index contributed by atoms with van der Waals surface area (Å²) in [4.78, 5) is 29.6. The quantitative estimate of drug-likeness (QED) is 0.733. The molecular weight excluding hydrogens is 358 g/mol. The van der Waals surface area contributed by atoms with Gasteiger partial charge in [-0.25, -0.2) is 4.79 Å². The molecule has 0 aromatic heterocycles. The summed E-state index contributed by atoms with van der Waals surface area (Å²) in [6.07, 6.45) is 2.50. The van der Waals surface area contributed by atoms with E-state index in [0.717, 1.165) is 12.1 Å². The standard InChI is InChI=1S/C21H27N3O4/c1-6-10-23-16-12-24(13(3)7-2)20(25)18(16)19(22-21(23)26)15-11-14(27-4)8-9-17(15)28-5/h6,8-9,11,13,19H,1,7,10,12H2,2-5H3,(H,22,26)/t13-,19+/m1/s1. The van der Waals surface area contributed by atoms with Crippen LogP contribution < -0.4 is 14.8 Å². The van der Waals surface area contributed by atoms with E-state index in [1.165, 1.54) is 0 Å². The number of nitrogens with one attached hydrogen (secondary N) is 1. The number of hydrogen-bond donors (Lipinski definition) is 1. The van der Waals surface area contributed by atoms with Gasteiger partial charge >= 0.3 is 6.03 Å². The number of methoxy groups -OCH3 is 2. The van der Waals surface area contributed by atoms with E-state index in [0.29, 0.717) is 35.7 Å². The van der Waals surface area contributed by atoms with Gasteiger partial charge in [-0.15, -0.1) is 6.58 Å². The fraction of sp³-hybridized carbons (Fsp3) is 0.429. The summed E-state index contributed by atoms with van der Waals surface area (Å²) in [6.45, 7) is 8.55. The Morgan fingerprint density at radius 3 is 2.68 bits per heavy atom. The molecule has 0 aliphatic carbocycles. The molecule has 28 heavy (non-hydrogen) atoms. The summed E-state index contributed by atoms with van der Waals surface area (Å²) in [6, 6.07) is 4.59. The summed E-state index contributed by atoms with van der Waals surface area (Å²) < 4.78 is 10.8. The van der Waals surface area contributed by atoms with Gasteiger partial charge in [-0.3, -0.25) is 9.69 Å². The van der Waals surface area contributed by atoms with Crippen molar-refractivity contribution < 1.29 is 19.1 Å². The first-order valence-electron chi connectivity index (χ1n) is 9.41. The highest BCUT2D eigenvalue weighted by molar-refractivity contribution is 6.01. The number of urea groups is 1. The van der Waals surface area contributed by atoms with Crippen LogP contribution in [0, 0.1) is 0 Å². The minimum absolute atomic E-state index is 0.0618. The molecule has 3 rings (SSSR count). The summed E-state index contributed by atoms with van der Waals surface area (Å²) in [5.74, 6) is 1.16. The van der Waals surface area contributed by atoms with E-state index in [2.05, 4.69) is 11.9 Å². The lowest BCUT2D eigenvalue weighted by atomic mass is 9.94. The normalized spacial score (nSPS) is 20.1. The first-order chi connectivity index (χ1) is 13.5. The van der Waals surface area contributed by atoms with E-state index < -0.39 is 6.04 Å². The van der Waals surface area contributed by atoms with E-state index in [1.54, 1.807) is 43.4 Å². The fourth-order valence-electron chi connectivity index (χ4n) is 3.71. The van der Waals surface area contributed by atoms with E-state index in [4.69, 9.17) is 9.47 Å². The first kappa shape index (κ1) is 19.8. The Kier molecular flexibility index (Phi) is 5.63. The molecule has 7 nitrogen and oxygen atoms in total. The van der Waals surface area contributed by atoms with Crippen molar-refractivity contribution >= 4 is 11.9 Å². The minimum Gasteiger partial charge on any atom is -0.497 e. The van der Waals surface area contributed by atoms with Crippen LogP contribution >= 0.6 is 0 Å². The van der Waals surface area contributed by atoms with Crippen LogP contribution in [-0.2, 0) is 4.79 Å². The molecule has 0 fully saturated rings. The fourth-order valence-corrected chi connectivity index (χ4v) is 3.71. The molecule has 0 bridgehead atoms. The highest BCUT2D eigenvalue weighted by Crippen LogP contribution is 2.41. The molecule has 7 heteroatoms. The number of carbonyl (C=O) groups excluding carboxylic acids is 2. The first-order valence-corrected chi connectivity index (χ1v) is 9.41. The Bertz CT molecular complexity index is 833. The summed E-state index contributed by atoms with van der Waals surface area (Å²) in [5, 5.41) is 2.97. The maximum absolute atomic E-state index is 13.3. The molecule has 0 unspecified atom stereocenters. The summed E-state index contributed by atoms with van der Waals surface area (Å²) in [5.41, 5.74) is 2.00. The second kappa shape index (κ2) is 7.96. The Morgan fingerprint density at radius 2 is 2.07 bits per heavy atom. The smallest absolute Gasteiger partial charge is 0.322 e. The zero-order valence-electron chi connectivity index (χ0n) is 16.8. The van der Waals surface area contributed by atoms with Gasteiger partial charge in [0, 0.05) is 18.2 Å². The maximum Gasteiger partial charge on any atom is 0.322 e. The second-order valence-corrected chi connectivity index (χ2v) is 6.94. The van der Waals surface area contributed by atoms with Crippen LogP contribution in [0.15, 0.2) is 42.1 Å². The predicted molar refractivity (Wildman–Crippen MR) is 106 cm³/mol. The van der Waals surface area contributed by atoms with Gasteiger partial charge in [0.25, 0.3) is 5.91 Å². The molecule has 2 atom stereocenters. The Hall–Kier alpha value is -2.96. The van der Waals surface area contributed by atoms with Crippen molar-refractivity contribution in [2.24, 2.45) is 0 Å². The molecule has 1 aromatic carbocycles. The molecule has 1 N–H and O–H groups in total. The van der Waals surface area contributed by atoms with E-state index >= 15 is 0 Å². The van der Waals surface area contributed by atoms with E-state index in [1.807, 2.05) is 18.7 Å². The molecule has 2 aliphatic rings. The third-order valence-corrected chi connectivity index (χ3v) is 5.43. The average molecular weight is 385 g/mol. The van der Waals surface area contributed by atoms with Crippen molar-refractivity contribution in [2.45, 2.75) is 32.4 Å². The number of ether oxygens (including phenoxy) is 2. The predicted octanol–water partition coefficient (Wildman–Crippen LogP) is 2.85. The lowest BCUT2D eigenvalue weighted by Gasteiger charge is -2.33. The van der Waals surface area contributed by atoms with E-state index in [-0.39, 0.29) is 18.0 Å². The molecule has 2 heterocycles. The molecule has 0 saturated carbocycles. The Labute approximate surface area is 165 Å². The SMILES string of the molecule is C=CCN1C(=O)N[C@@H](c2cc(OC)ccc2OC)C2=C1CN([C@H](C)CC)C2=O. The van der Waals surface area contributed by atoms with Gasteiger partial charge < -0.3 is 19.7 Å². The molecule has 2 aliphatic heterocycles. The summed E-state index contributed by atoms with van der Waals surface area (Å²) >= 11 is 0. The van der Waals surface area contributed by atoms with Crippen molar-refractivity contribution in [3.05, 3.63) is 47.7 Å². The Morgan fingerprint density at radius 1 is 1.32 bits per heavy atom. The van der Waals surface area contributed by atoms with Gasteiger partial charge in [-0.1, -0.05) is 13.0 Å². The van der Waals surface area contributed by atoms with Crippen LogP contribution in [0.1, 0.15) is 31.9 Å². The number of nitrogens with zero attached hydrogens (tertiary/aromatic N) is 2. The van der Waals surface area contributed by atoms with Crippen molar-refractivity contribution in [1.82, 2.24) is 15.1 Å². The Balaban J connectivity index is 2.14. The lowest BCUT2D eigenvalue weighted by molar-refractivity contribution is -0.127. The third-order valence-electron chi connectivity index (χ3n) is 5.43. The van der Waals surface area contributed by atoms with Gasteiger partial charge in [-0.05, 0) is 31.5 Å². The van der Waals surface area contributed by atoms with Gasteiger partial charge in [0.05, 0.1) is 38.1 Å². The topological polar surface area (TPSA) is 71.1 Å². The van der Waals surface area contributed by atoms with Crippen LogP contribution in [0.25, 0.3) is 0 Å². The third kappa shape index (κ3) is 3.21.